The van der Waals surface area contributed by atoms with Gasteiger partial charge in [-0.05, 0) is 68.0 Å². The monoisotopic (exact) mass is 314 g/mol. The van der Waals surface area contributed by atoms with E-state index in [0.29, 0.717) is 12.5 Å². The summed E-state index contributed by atoms with van der Waals surface area (Å²) in [6.45, 7) is 7.04. The molecule has 1 aromatic carbocycles. The first-order valence-corrected chi connectivity index (χ1v) is 8.13. The van der Waals surface area contributed by atoms with Crippen LogP contribution in [0.5, 0.6) is 5.75 Å². The molecule has 0 bridgehead atoms. The molecule has 1 aliphatic carbocycles. The number of hydrogen-bond acceptors (Lipinski definition) is 3. The first kappa shape index (κ1) is 15.2. The molecule has 0 N–H and O–H groups in total. The van der Waals surface area contributed by atoms with Gasteiger partial charge in [-0.15, -0.1) is 0 Å². The number of aromatic nitrogens is 2. The maximum atomic E-state index is 5.52. The van der Waals surface area contributed by atoms with Gasteiger partial charge >= 0.3 is 0 Å². The van der Waals surface area contributed by atoms with Crippen LogP contribution in [0, 0.1) is 25.4 Å². The molecule has 22 heavy (non-hydrogen) atoms. The zero-order valence-corrected chi connectivity index (χ0v) is 14.5. The second kappa shape index (κ2) is 5.84. The van der Waals surface area contributed by atoms with Gasteiger partial charge in [0.05, 0.1) is 19.3 Å². The molecule has 0 spiro atoms. The van der Waals surface area contributed by atoms with E-state index in [4.69, 9.17) is 22.1 Å². The van der Waals surface area contributed by atoms with E-state index in [0.717, 1.165) is 10.4 Å². The van der Waals surface area contributed by atoms with Crippen LogP contribution >= 0.6 is 12.2 Å². The number of ether oxygens (including phenoxy) is 1. The molecular weight excluding hydrogens is 292 g/mol. The Balaban J connectivity index is 2.03. The summed E-state index contributed by atoms with van der Waals surface area (Å²) in [4.78, 5) is 0. The molecule has 1 saturated carbocycles. The van der Waals surface area contributed by atoms with Crippen LogP contribution in [-0.4, -0.2) is 16.9 Å². The van der Waals surface area contributed by atoms with E-state index in [-0.39, 0.29) is 0 Å². The Labute approximate surface area is 136 Å². The summed E-state index contributed by atoms with van der Waals surface area (Å²) in [5.74, 6) is 1.55. The Morgan fingerprint density at radius 3 is 2.59 bits per heavy atom. The van der Waals surface area contributed by atoms with Crippen LogP contribution < -0.4 is 4.74 Å². The molecule has 0 amide bonds. The summed E-state index contributed by atoms with van der Waals surface area (Å²) in [7, 11) is 1.71. The zero-order valence-electron chi connectivity index (χ0n) is 13.6. The van der Waals surface area contributed by atoms with Crippen LogP contribution in [0.15, 0.2) is 18.2 Å². The van der Waals surface area contributed by atoms with Crippen molar-refractivity contribution in [2.24, 2.45) is 0 Å². The summed E-state index contributed by atoms with van der Waals surface area (Å²) in [5, 5.41) is 4.84. The topological polar surface area (TPSA) is 27.1 Å². The lowest BCUT2D eigenvalue weighted by Crippen LogP contribution is -2.12. The highest BCUT2D eigenvalue weighted by molar-refractivity contribution is 7.71. The quantitative estimate of drug-likeness (QED) is 0.779. The molecule has 2 aromatic rings. The molecule has 0 aliphatic heterocycles. The van der Waals surface area contributed by atoms with Gasteiger partial charge in [-0.3, -0.25) is 0 Å². The number of benzene rings is 1. The van der Waals surface area contributed by atoms with E-state index in [1.165, 1.54) is 40.8 Å². The van der Waals surface area contributed by atoms with Gasteiger partial charge in [-0.2, -0.15) is 5.10 Å². The van der Waals surface area contributed by atoms with Crippen LogP contribution in [-0.2, 0) is 6.54 Å². The normalized spacial score (nSPS) is 14.2. The lowest BCUT2D eigenvalue weighted by Gasteiger charge is -2.16. The van der Waals surface area contributed by atoms with Gasteiger partial charge in [0, 0.05) is 5.92 Å². The third-order valence-corrected chi connectivity index (χ3v) is 4.83. The Morgan fingerprint density at radius 1 is 1.23 bits per heavy atom. The second-order valence-electron chi connectivity index (χ2n) is 6.17. The standard InChI is InChI=1S/C18H22N2OS/c1-11-5-8-16(21-4)13(3)15(11)10-20-17(22)9-12(2)18(19-20)14-6-7-14/h5,8-9,14H,6-7,10H2,1-4H3. The summed E-state index contributed by atoms with van der Waals surface area (Å²) in [5.41, 5.74) is 6.10. The average molecular weight is 314 g/mol. The zero-order chi connectivity index (χ0) is 15.9. The molecular formula is C18H22N2OS. The molecule has 3 rings (SSSR count). The highest BCUT2D eigenvalue weighted by Crippen LogP contribution is 2.40. The van der Waals surface area contributed by atoms with Crippen LogP contribution in [0.4, 0.5) is 0 Å². The molecule has 4 heteroatoms. The number of nitrogens with zero attached hydrogens (tertiary/aromatic N) is 2. The average Bonchev–Trinajstić information content (AvgIpc) is 3.30. The number of aryl methyl sites for hydroxylation is 2. The number of hydrogen-bond donors (Lipinski definition) is 0. The van der Waals surface area contributed by atoms with E-state index in [2.05, 4.69) is 32.9 Å². The molecule has 1 aliphatic rings. The van der Waals surface area contributed by atoms with Gasteiger partial charge in [0.15, 0.2) is 0 Å². The second-order valence-corrected chi connectivity index (χ2v) is 6.59. The number of methoxy groups -OCH3 is 1. The Bertz CT molecular complexity index is 775. The first-order chi connectivity index (χ1) is 10.5. The van der Waals surface area contributed by atoms with Crippen molar-refractivity contribution in [3.05, 3.63) is 50.8 Å². The molecule has 0 unspecified atom stereocenters. The third kappa shape index (κ3) is 2.80. The van der Waals surface area contributed by atoms with Crippen molar-refractivity contribution >= 4 is 12.2 Å². The summed E-state index contributed by atoms with van der Waals surface area (Å²) < 4.78 is 8.20. The predicted molar refractivity (Wildman–Crippen MR) is 91.3 cm³/mol. The predicted octanol–water partition coefficient (Wildman–Crippen LogP) is 4.47. The lowest BCUT2D eigenvalue weighted by molar-refractivity contribution is 0.410. The van der Waals surface area contributed by atoms with Crippen molar-refractivity contribution in [2.45, 2.75) is 46.1 Å². The van der Waals surface area contributed by atoms with Crippen molar-refractivity contribution in [1.82, 2.24) is 9.78 Å². The van der Waals surface area contributed by atoms with E-state index >= 15 is 0 Å². The molecule has 0 saturated heterocycles. The van der Waals surface area contributed by atoms with Gasteiger partial charge in [-0.1, -0.05) is 18.3 Å². The van der Waals surface area contributed by atoms with Crippen LogP contribution in [0.2, 0.25) is 0 Å². The fourth-order valence-corrected chi connectivity index (χ4v) is 3.23. The molecule has 1 aromatic heterocycles. The summed E-state index contributed by atoms with van der Waals surface area (Å²) in [6.07, 6.45) is 2.50. The Kier molecular flexibility index (Phi) is 4.04. The highest BCUT2D eigenvalue weighted by atomic mass is 32.1. The van der Waals surface area contributed by atoms with Crippen LogP contribution in [0.3, 0.4) is 0 Å². The van der Waals surface area contributed by atoms with Crippen molar-refractivity contribution in [2.75, 3.05) is 7.11 Å². The van der Waals surface area contributed by atoms with Crippen molar-refractivity contribution in [3.8, 4) is 5.75 Å². The maximum absolute atomic E-state index is 5.52. The first-order valence-electron chi connectivity index (χ1n) is 7.73. The van der Waals surface area contributed by atoms with E-state index in [9.17, 15) is 0 Å². The minimum atomic E-state index is 0.634. The van der Waals surface area contributed by atoms with Crippen molar-refractivity contribution in [3.63, 3.8) is 0 Å². The number of rotatable bonds is 4. The smallest absolute Gasteiger partial charge is 0.123 e. The van der Waals surface area contributed by atoms with Gasteiger partial charge in [0.1, 0.15) is 10.4 Å². The molecule has 1 heterocycles. The molecule has 3 nitrogen and oxygen atoms in total. The van der Waals surface area contributed by atoms with Gasteiger partial charge in [0.2, 0.25) is 0 Å². The molecule has 0 atom stereocenters. The van der Waals surface area contributed by atoms with Crippen LogP contribution in [0.25, 0.3) is 0 Å². The third-order valence-electron chi connectivity index (χ3n) is 4.50. The van der Waals surface area contributed by atoms with Gasteiger partial charge < -0.3 is 4.74 Å². The van der Waals surface area contributed by atoms with Crippen molar-refractivity contribution in [1.29, 1.82) is 0 Å². The highest BCUT2D eigenvalue weighted by Gasteiger charge is 2.27. The Hall–Kier alpha value is -1.68. The van der Waals surface area contributed by atoms with Crippen LogP contribution in [0.1, 0.15) is 46.7 Å². The molecule has 1 fully saturated rings. The molecule has 116 valence electrons. The van der Waals surface area contributed by atoms with Gasteiger partial charge in [-0.25, -0.2) is 4.68 Å². The fourth-order valence-electron chi connectivity index (χ4n) is 2.95. The van der Waals surface area contributed by atoms with Crippen molar-refractivity contribution < 1.29 is 4.74 Å². The minimum Gasteiger partial charge on any atom is -0.496 e. The summed E-state index contributed by atoms with van der Waals surface area (Å²) >= 11 is 5.52. The van der Waals surface area contributed by atoms with E-state index in [1.807, 2.05) is 10.7 Å². The fraction of sp³-hybridized carbons (Fsp3) is 0.444. The summed E-state index contributed by atoms with van der Waals surface area (Å²) in [6, 6.07) is 6.20. The Morgan fingerprint density at radius 2 is 1.95 bits per heavy atom. The van der Waals surface area contributed by atoms with E-state index in [1.54, 1.807) is 7.11 Å². The lowest BCUT2D eigenvalue weighted by atomic mass is 10.0. The van der Waals surface area contributed by atoms with Gasteiger partial charge in [0.25, 0.3) is 0 Å². The largest absolute Gasteiger partial charge is 0.496 e. The molecule has 0 radical (unpaired) electrons. The SMILES string of the molecule is COc1ccc(C)c(Cn2nc(C3CC3)c(C)cc2=S)c1C. The van der Waals surface area contributed by atoms with E-state index < -0.39 is 0 Å². The maximum Gasteiger partial charge on any atom is 0.123 e. The minimum absolute atomic E-state index is 0.634.